The van der Waals surface area contributed by atoms with Gasteiger partial charge in [0, 0.05) is 31.5 Å². The van der Waals surface area contributed by atoms with E-state index in [-0.39, 0.29) is 6.61 Å². The number of aliphatic hydroxyl groups excluding tert-OH is 1. The molecule has 1 unspecified atom stereocenters. The molecule has 29 heavy (non-hydrogen) atoms. The molecule has 0 bridgehead atoms. The lowest BCUT2D eigenvalue weighted by molar-refractivity contribution is 0.251. The Hall–Kier alpha value is -2.60. The van der Waals surface area contributed by atoms with E-state index in [0.29, 0.717) is 24.9 Å². The molecule has 2 rings (SSSR count). The van der Waals surface area contributed by atoms with Crippen molar-refractivity contribution in [1.82, 2.24) is 15.6 Å². The summed E-state index contributed by atoms with van der Waals surface area (Å²) < 4.78 is 5.93. The maximum Gasteiger partial charge on any atom is 0.218 e. The number of aromatic nitrogens is 1. The molecular weight excluding hydrogens is 364 g/mol. The zero-order valence-electron chi connectivity index (χ0n) is 17.6. The standard InChI is InChI=1S/C23H34N4O2/c1-3-9-19(13-15-28)16-26-23(24-4-2)27-17-21-12-8-14-25-22(21)29-18-20-10-6-5-7-11-20/h5-8,10-12,14,19,28H,3-4,9,13,15-18H2,1-2H3,(H2,24,26,27). The first kappa shape index (κ1) is 22.7. The molecule has 0 spiro atoms. The summed E-state index contributed by atoms with van der Waals surface area (Å²) in [5, 5.41) is 15.9. The minimum absolute atomic E-state index is 0.220. The summed E-state index contributed by atoms with van der Waals surface area (Å²) in [6.45, 7) is 6.98. The van der Waals surface area contributed by atoms with E-state index in [0.717, 1.165) is 49.4 Å². The minimum atomic E-state index is 0.220. The van der Waals surface area contributed by atoms with Crippen LogP contribution < -0.4 is 15.4 Å². The third kappa shape index (κ3) is 8.52. The number of nitrogens with zero attached hydrogens (tertiary/aromatic N) is 2. The molecule has 0 aliphatic carbocycles. The Morgan fingerprint density at radius 3 is 2.66 bits per heavy atom. The molecule has 0 aliphatic rings. The van der Waals surface area contributed by atoms with Gasteiger partial charge in [0.1, 0.15) is 6.61 Å². The average Bonchev–Trinajstić information content (AvgIpc) is 2.75. The van der Waals surface area contributed by atoms with Gasteiger partial charge < -0.3 is 20.5 Å². The number of rotatable bonds is 12. The fourth-order valence-electron chi connectivity index (χ4n) is 3.09. The van der Waals surface area contributed by atoms with Gasteiger partial charge in [-0.05, 0) is 37.3 Å². The number of aliphatic hydroxyl groups is 1. The molecule has 0 radical (unpaired) electrons. The number of aliphatic imine (C=N–C) groups is 1. The van der Waals surface area contributed by atoms with Crippen molar-refractivity contribution in [3.05, 3.63) is 59.8 Å². The molecule has 3 N–H and O–H groups in total. The second kappa shape index (κ2) is 13.6. The van der Waals surface area contributed by atoms with Crippen molar-refractivity contribution in [3.8, 4) is 5.88 Å². The van der Waals surface area contributed by atoms with Crippen molar-refractivity contribution in [2.45, 2.75) is 46.3 Å². The van der Waals surface area contributed by atoms with Gasteiger partial charge in [0.2, 0.25) is 5.88 Å². The van der Waals surface area contributed by atoms with Crippen LogP contribution in [0.25, 0.3) is 0 Å². The van der Waals surface area contributed by atoms with Crippen LogP contribution in [0.15, 0.2) is 53.7 Å². The first-order chi connectivity index (χ1) is 14.3. The average molecular weight is 399 g/mol. The molecule has 0 aliphatic heterocycles. The molecular formula is C23H34N4O2. The SMILES string of the molecule is CCCC(CCO)CNC(=NCc1cccnc1OCc1ccccc1)NCC. The highest BCUT2D eigenvalue weighted by molar-refractivity contribution is 5.79. The number of benzene rings is 1. The van der Waals surface area contributed by atoms with Crippen LogP contribution in [-0.4, -0.2) is 35.7 Å². The van der Waals surface area contributed by atoms with Crippen LogP contribution in [0.1, 0.15) is 44.2 Å². The fourth-order valence-corrected chi connectivity index (χ4v) is 3.09. The van der Waals surface area contributed by atoms with E-state index in [1.807, 2.05) is 49.4 Å². The maximum atomic E-state index is 9.25. The number of hydrogen-bond donors (Lipinski definition) is 3. The number of pyridine rings is 1. The quantitative estimate of drug-likeness (QED) is 0.377. The van der Waals surface area contributed by atoms with E-state index in [1.54, 1.807) is 6.20 Å². The van der Waals surface area contributed by atoms with Gasteiger partial charge in [0.15, 0.2) is 5.96 Å². The third-order valence-electron chi connectivity index (χ3n) is 4.61. The highest BCUT2D eigenvalue weighted by Crippen LogP contribution is 2.17. The van der Waals surface area contributed by atoms with Crippen LogP contribution in [0.4, 0.5) is 0 Å². The Morgan fingerprint density at radius 1 is 1.10 bits per heavy atom. The summed E-state index contributed by atoms with van der Waals surface area (Å²) in [6.07, 6.45) is 4.74. The summed E-state index contributed by atoms with van der Waals surface area (Å²) in [5.41, 5.74) is 2.05. The first-order valence-corrected chi connectivity index (χ1v) is 10.5. The Labute approximate surface area is 174 Å². The van der Waals surface area contributed by atoms with Gasteiger partial charge in [-0.15, -0.1) is 0 Å². The molecule has 0 saturated heterocycles. The Balaban J connectivity index is 1.98. The van der Waals surface area contributed by atoms with Crippen molar-refractivity contribution in [2.75, 3.05) is 19.7 Å². The second-order valence-corrected chi connectivity index (χ2v) is 6.99. The lowest BCUT2D eigenvalue weighted by Gasteiger charge is -2.18. The van der Waals surface area contributed by atoms with Gasteiger partial charge in [0.25, 0.3) is 0 Å². The van der Waals surface area contributed by atoms with Gasteiger partial charge in [0.05, 0.1) is 6.54 Å². The predicted molar refractivity (Wildman–Crippen MR) is 118 cm³/mol. The van der Waals surface area contributed by atoms with E-state index < -0.39 is 0 Å². The second-order valence-electron chi connectivity index (χ2n) is 6.99. The number of nitrogens with one attached hydrogen (secondary N) is 2. The van der Waals surface area contributed by atoms with E-state index in [2.05, 4.69) is 22.5 Å². The molecule has 0 amide bonds. The summed E-state index contributed by atoms with van der Waals surface area (Å²) in [6, 6.07) is 14.0. The Bertz CT molecular complexity index is 716. The number of guanidine groups is 1. The van der Waals surface area contributed by atoms with Crippen molar-refractivity contribution in [3.63, 3.8) is 0 Å². The minimum Gasteiger partial charge on any atom is -0.473 e. The van der Waals surface area contributed by atoms with Crippen LogP contribution in [0.3, 0.4) is 0 Å². The van der Waals surface area contributed by atoms with Crippen LogP contribution in [0.2, 0.25) is 0 Å². The molecule has 1 atom stereocenters. The van der Waals surface area contributed by atoms with Gasteiger partial charge in [-0.25, -0.2) is 9.98 Å². The predicted octanol–water partition coefficient (Wildman–Crippen LogP) is 3.51. The van der Waals surface area contributed by atoms with E-state index in [9.17, 15) is 5.11 Å². The first-order valence-electron chi connectivity index (χ1n) is 10.5. The summed E-state index contributed by atoms with van der Waals surface area (Å²) in [5.74, 6) is 1.82. The summed E-state index contributed by atoms with van der Waals surface area (Å²) in [4.78, 5) is 9.08. The summed E-state index contributed by atoms with van der Waals surface area (Å²) >= 11 is 0. The van der Waals surface area contributed by atoms with Crippen molar-refractivity contribution in [1.29, 1.82) is 0 Å². The van der Waals surface area contributed by atoms with E-state index in [1.165, 1.54) is 0 Å². The molecule has 158 valence electrons. The van der Waals surface area contributed by atoms with Gasteiger partial charge in [-0.2, -0.15) is 0 Å². The van der Waals surface area contributed by atoms with Crippen LogP contribution in [0.5, 0.6) is 5.88 Å². The lowest BCUT2D eigenvalue weighted by atomic mass is 10.0. The highest BCUT2D eigenvalue weighted by Gasteiger charge is 2.09. The van der Waals surface area contributed by atoms with E-state index >= 15 is 0 Å². The fraction of sp³-hybridized carbons (Fsp3) is 0.478. The lowest BCUT2D eigenvalue weighted by Crippen LogP contribution is -2.40. The van der Waals surface area contributed by atoms with Crippen LogP contribution in [-0.2, 0) is 13.2 Å². The molecule has 0 saturated carbocycles. The van der Waals surface area contributed by atoms with Crippen LogP contribution in [0, 0.1) is 5.92 Å². The molecule has 0 fully saturated rings. The largest absolute Gasteiger partial charge is 0.473 e. The smallest absolute Gasteiger partial charge is 0.218 e. The van der Waals surface area contributed by atoms with E-state index in [4.69, 9.17) is 9.73 Å². The molecule has 6 heteroatoms. The van der Waals surface area contributed by atoms with Gasteiger partial charge >= 0.3 is 0 Å². The molecule has 6 nitrogen and oxygen atoms in total. The zero-order valence-corrected chi connectivity index (χ0v) is 17.6. The molecule has 2 aromatic rings. The van der Waals surface area contributed by atoms with Crippen LogP contribution >= 0.6 is 0 Å². The maximum absolute atomic E-state index is 9.25. The Kier molecular flexibility index (Phi) is 10.6. The van der Waals surface area contributed by atoms with Crippen molar-refractivity contribution in [2.24, 2.45) is 10.9 Å². The molecule has 1 aromatic carbocycles. The Morgan fingerprint density at radius 2 is 1.93 bits per heavy atom. The highest BCUT2D eigenvalue weighted by atomic mass is 16.5. The monoisotopic (exact) mass is 398 g/mol. The van der Waals surface area contributed by atoms with Gasteiger partial charge in [-0.3, -0.25) is 0 Å². The summed E-state index contributed by atoms with van der Waals surface area (Å²) in [7, 11) is 0. The topological polar surface area (TPSA) is 78.8 Å². The zero-order chi connectivity index (χ0) is 20.7. The molecule has 1 aromatic heterocycles. The van der Waals surface area contributed by atoms with Crippen molar-refractivity contribution >= 4 is 5.96 Å². The molecule has 1 heterocycles. The number of hydrogen-bond acceptors (Lipinski definition) is 4. The third-order valence-corrected chi connectivity index (χ3v) is 4.61. The number of ether oxygens (including phenoxy) is 1. The van der Waals surface area contributed by atoms with Gasteiger partial charge in [-0.1, -0.05) is 49.7 Å². The van der Waals surface area contributed by atoms with Crippen molar-refractivity contribution < 1.29 is 9.84 Å². The normalized spacial score (nSPS) is 12.4.